The number of hydrogen-bond donors (Lipinski definition) is 1. The Kier molecular flexibility index (Phi) is 3.77. The molecule has 1 unspecified atom stereocenters. The SMILES string of the molecule is COc1nc2sccn2c1CNCC1CCCS1. The number of thioether (sulfide) groups is 1. The van der Waals surface area contributed by atoms with Crippen molar-refractivity contribution >= 4 is 28.1 Å². The molecule has 0 aliphatic carbocycles. The molecule has 0 saturated carbocycles. The number of rotatable bonds is 5. The largest absolute Gasteiger partial charge is 0.480 e. The molecule has 1 aliphatic heterocycles. The van der Waals surface area contributed by atoms with Gasteiger partial charge in [-0.2, -0.15) is 16.7 Å². The molecule has 3 rings (SSSR count). The van der Waals surface area contributed by atoms with Gasteiger partial charge >= 0.3 is 0 Å². The third kappa shape index (κ3) is 2.37. The standard InChI is InChI=1S/C12H17N3OS2/c1-16-11-10(15-4-6-18-12(15)14-11)8-13-7-9-3-2-5-17-9/h4,6,9,13H,2-3,5,7-8H2,1H3. The van der Waals surface area contributed by atoms with Gasteiger partial charge < -0.3 is 10.1 Å². The van der Waals surface area contributed by atoms with Gasteiger partial charge in [-0.25, -0.2) is 0 Å². The van der Waals surface area contributed by atoms with Crippen molar-refractivity contribution in [2.75, 3.05) is 19.4 Å². The molecule has 2 aromatic rings. The van der Waals surface area contributed by atoms with Gasteiger partial charge in [0.05, 0.1) is 7.11 Å². The van der Waals surface area contributed by atoms with Gasteiger partial charge in [0.25, 0.3) is 0 Å². The zero-order chi connectivity index (χ0) is 12.4. The molecule has 6 heteroatoms. The minimum atomic E-state index is 0.744. The van der Waals surface area contributed by atoms with Crippen LogP contribution in [0.1, 0.15) is 18.5 Å². The molecule has 0 spiro atoms. The molecular weight excluding hydrogens is 266 g/mol. The molecule has 1 atom stereocenters. The molecule has 1 saturated heterocycles. The Morgan fingerprint density at radius 2 is 2.56 bits per heavy atom. The molecule has 0 aromatic carbocycles. The molecular formula is C12H17N3OS2. The van der Waals surface area contributed by atoms with E-state index in [9.17, 15) is 0 Å². The number of methoxy groups -OCH3 is 1. The Labute approximate surface area is 115 Å². The summed E-state index contributed by atoms with van der Waals surface area (Å²) < 4.78 is 7.45. The minimum absolute atomic E-state index is 0.744. The second kappa shape index (κ2) is 5.50. The van der Waals surface area contributed by atoms with E-state index in [0.29, 0.717) is 0 Å². The first-order valence-corrected chi connectivity index (χ1v) is 8.12. The molecule has 0 radical (unpaired) electrons. The predicted octanol–water partition coefficient (Wildman–Crippen LogP) is 2.39. The van der Waals surface area contributed by atoms with Crippen LogP contribution in [0.2, 0.25) is 0 Å². The fourth-order valence-corrected chi connectivity index (χ4v) is 4.25. The quantitative estimate of drug-likeness (QED) is 0.914. The fraction of sp³-hybridized carbons (Fsp3) is 0.583. The molecule has 1 fully saturated rings. The van der Waals surface area contributed by atoms with Crippen LogP contribution in [0.25, 0.3) is 4.96 Å². The monoisotopic (exact) mass is 283 g/mol. The number of fused-ring (bicyclic) bond motifs is 1. The van der Waals surface area contributed by atoms with E-state index in [-0.39, 0.29) is 0 Å². The van der Waals surface area contributed by atoms with Crippen molar-refractivity contribution in [1.82, 2.24) is 14.7 Å². The lowest BCUT2D eigenvalue weighted by Gasteiger charge is -2.10. The van der Waals surface area contributed by atoms with E-state index in [0.717, 1.165) is 34.9 Å². The van der Waals surface area contributed by atoms with Gasteiger partial charge in [0.1, 0.15) is 5.69 Å². The van der Waals surface area contributed by atoms with Crippen molar-refractivity contribution in [3.05, 3.63) is 17.3 Å². The van der Waals surface area contributed by atoms with Crippen molar-refractivity contribution in [2.24, 2.45) is 0 Å². The number of aromatic nitrogens is 2. The van der Waals surface area contributed by atoms with Crippen LogP contribution < -0.4 is 10.1 Å². The van der Waals surface area contributed by atoms with Crippen molar-refractivity contribution in [2.45, 2.75) is 24.6 Å². The molecule has 2 aromatic heterocycles. The van der Waals surface area contributed by atoms with E-state index < -0.39 is 0 Å². The van der Waals surface area contributed by atoms with E-state index in [1.807, 2.05) is 0 Å². The maximum Gasteiger partial charge on any atom is 0.237 e. The van der Waals surface area contributed by atoms with Gasteiger partial charge in [-0.15, -0.1) is 11.3 Å². The molecule has 4 nitrogen and oxygen atoms in total. The van der Waals surface area contributed by atoms with E-state index in [2.05, 4.69) is 38.0 Å². The smallest absolute Gasteiger partial charge is 0.237 e. The lowest BCUT2D eigenvalue weighted by Crippen LogP contribution is -2.23. The zero-order valence-corrected chi connectivity index (χ0v) is 12.0. The summed E-state index contributed by atoms with van der Waals surface area (Å²) in [6.45, 7) is 1.89. The second-order valence-corrected chi connectivity index (χ2v) is 6.67. The Bertz CT molecular complexity index is 516. The highest BCUT2D eigenvalue weighted by atomic mass is 32.2. The van der Waals surface area contributed by atoms with Crippen molar-refractivity contribution in [1.29, 1.82) is 0 Å². The van der Waals surface area contributed by atoms with Gasteiger partial charge in [0.15, 0.2) is 4.96 Å². The van der Waals surface area contributed by atoms with Gasteiger partial charge in [-0.3, -0.25) is 4.40 Å². The van der Waals surface area contributed by atoms with Crippen LogP contribution >= 0.6 is 23.1 Å². The summed E-state index contributed by atoms with van der Waals surface area (Å²) in [5, 5.41) is 6.36. The number of thiazole rings is 1. The summed E-state index contributed by atoms with van der Waals surface area (Å²) in [5.74, 6) is 2.06. The summed E-state index contributed by atoms with van der Waals surface area (Å²) in [7, 11) is 1.68. The number of ether oxygens (including phenoxy) is 1. The number of imidazole rings is 1. The summed E-state index contributed by atoms with van der Waals surface area (Å²) in [6, 6.07) is 0. The average molecular weight is 283 g/mol. The fourth-order valence-electron chi connectivity index (χ4n) is 2.29. The van der Waals surface area contributed by atoms with Gasteiger partial charge in [-0.05, 0) is 18.6 Å². The van der Waals surface area contributed by atoms with Gasteiger partial charge in [0, 0.05) is 29.9 Å². The van der Waals surface area contributed by atoms with Crippen LogP contribution in [0.3, 0.4) is 0 Å². The highest BCUT2D eigenvalue weighted by Crippen LogP contribution is 2.26. The molecule has 1 N–H and O–H groups in total. The Hall–Kier alpha value is -0.720. The lowest BCUT2D eigenvalue weighted by atomic mass is 10.2. The van der Waals surface area contributed by atoms with Crippen molar-refractivity contribution in [3.8, 4) is 5.88 Å². The van der Waals surface area contributed by atoms with Gasteiger partial charge in [0.2, 0.25) is 5.88 Å². The van der Waals surface area contributed by atoms with Crippen LogP contribution in [0, 0.1) is 0 Å². The van der Waals surface area contributed by atoms with Gasteiger partial charge in [-0.1, -0.05) is 0 Å². The van der Waals surface area contributed by atoms with Crippen LogP contribution in [0.5, 0.6) is 5.88 Å². The number of nitrogens with one attached hydrogen (secondary N) is 1. The summed E-state index contributed by atoms with van der Waals surface area (Å²) in [6.07, 6.45) is 4.76. The third-order valence-corrected chi connectivity index (χ3v) is 5.36. The average Bonchev–Trinajstić information content (AvgIpc) is 3.06. The molecule has 3 heterocycles. The van der Waals surface area contributed by atoms with E-state index in [1.165, 1.54) is 18.6 Å². The first-order valence-electron chi connectivity index (χ1n) is 6.19. The predicted molar refractivity (Wildman–Crippen MR) is 76.8 cm³/mol. The second-order valence-electron chi connectivity index (χ2n) is 4.39. The minimum Gasteiger partial charge on any atom is -0.480 e. The highest BCUT2D eigenvalue weighted by molar-refractivity contribution is 8.00. The molecule has 98 valence electrons. The third-order valence-electron chi connectivity index (χ3n) is 3.21. The highest BCUT2D eigenvalue weighted by Gasteiger charge is 2.17. The molecule has 0 amide bonds. The van der Waals surface area contributed by atoms with E-state index in [4.69, 9.17) is 4.74 Å². The summed E-state index contributed by atoms with van der Waals surface area (Å²) in [4.78, 5) is 5.45. The molecule has 18 heavy (non-hydrogen) atoms. The van der Waals surface area contributed by atoms with Crippen LogP contribution in [0.4, 0.5) is 0 Å². The Morgan fingerprint density at radius 3 is 3.33 bits per heavy atom. The maximum atomic E-state index is 5.34. The number of nitrogens with zero attached hydrogens (tertiary/aromatic N) is 2. The van der Waals surface area contributed by atoms with E-state index >= 15 is 0 Å². The van der Waals surface area contributed by atoms with Crippen LogP contribution in [-0.4, -0.2) is 34.0 Å². The van der Waals surface area contributed by atoms with Crippen molar-refractivity contribution in [3.63, 3.8) is 0 Å². The number of hydrogen-bond acceptors (Lipinski definition) is 5. The van der Waals surface area contributed by atoms with E-state index in [1.54, 1.807) is 18.4 Å². The first-order chi connectivity index (χ1) is 8.88. The summed E-state index contributed by atoms with van der Waals surface area (Å²) in [5.41, 5.74) is 1.12. The Balaban J connectivity index is 1.66. The van der Waals surface area contributed by atoms with Crippen LogP contribution in [0.15, 0.2) is 11.6 Å². The van der Waals surface area contributed by atoms with Crippen molar-refractivity contribution < 1.29 is 4.74 Å². The normalized spacial score (nSPS) is 19.7. The summed E-state index contributed by atoms with van der Waals surface area (Å²) >= 11 is 3.72. The van der Waals surface area contributed by atoms with Crippen LogP contribution in [-0.2, 0) is 6.54 Å². The Morgan fingerprint density at radius 1 is 1.61 bits per heavy atom. The zero-order valence-electron chi connectivity index (χ0n) is 10.4. The lowest BCUT2D eigenvalue weighted by molar-refractivity contribution is 0.393. The molecule has 1 aliphatic rings. The first kappa shape index (κ1) is 12.3. The topological polar surface area (TPSA) is 38.6 Å². The molecule has 0 bridgehead atoms. The maximum absolute atomic E-state index is 5.34.